The molecule has 1 aromatic rings. The molecule has 0 aliphatic rings. The van der Waals surface area contributed by atoms with Crippen LogP contribution >= 0.6 is 0 Å². The first-order valence-corrected chi connectivity index (χ1v) is 7.92. The van der Waals surface area contributed by atoms with Crippen molar-refractivity contribution in [2.45, 2.75) is 66.3 Å². The predicted molar refractivity (Wildman–Crippen MR) is 88.3 cm³/mol. The van der Waals surface area contributed by atoms with E-state index in [0.29, 0.717) is 17.9 Å². The molecule has 0 spiro atoms. The summed E-state index contributed by atoms with van der Waals surface area (Å²) in [6.45, 7) is 14.3. The molecule has 0 radical (unpaired) electrons. The fourth-order valence-corrected chi connectivity index (χ4v) is 2.85. The van der Waals surface area contributed by atoms with Crippen molar-refractivity contribution in [2.24, 2.45) is 13.0 Å². The van der Waals surface area contributed by atoms with Crippen molar-refractivity contribution in [3.63, 3.8) is 0 Å². The van der Waals surface area contributed by atoms with Gasteiger partial charge in [-0.2, -0.15) is 5.10 Å². The van der Waals surface area contributed by atoms with Crippen molar-refractivity contribution in [2.75, 3.05) is 17.2 Å². The minimum Gasteiger partial charge on any atom is -0.394 e. The van der Waals surface area contributed by atoms with Crippen LogP contribution in [0.2, 0.25) is 0 Å². The van der Waals surface area contributed by atoms with Crippen LogP contribution in [0.4, 0.5) is 11.5 Å². The molecular formula is C16H32N4. The van der Waals surface area contributed by atoms with Crippen LogP contribution in [-0.2, 0) is 7.05 Å². The van der Waals surface area contributed by atoms with Crippen LogP contribution < -0.4 is 10.6 Å². The summed E-state index contributed by atoms with van der Waals surface area (Å²) in [6.07, 6.45) is 2.26. The fourth-order valence-electron chi connectivity index (χ4n) is 2.85. The third-order valence-corrected chi connectivity index (χ3v) is 3.85. The van der Waals surface area contributed by atoms with E-state index in [2.05, 4.69) is 51.5 Å². The maximum absolute atomic E-state index is 6.40. The highest BCUT2D eigenvalue weighted by molar-refractivity contribution is 5.67. The Morgan fingerprint density at radius 3 is 2.05 bits per heavy atom. The zero-order valence-electron chi connectivity index (χ0n) is 14.3. The van der Waals surface area contributed by atoms with E-state index in [1.807, 2.05) is 11.7 Å². The number of nitrogens with zero attached hydrogens (tertiary/aromatic N) is 3. The molecule has 0 aliphatic carbocycles. The number of hydrogen-bond donors (Lipinski definition) is 1. The highest BCUT2D eigenvalue weighted by Crippen LogP contribution is 2.33. The summed E-state index contributed by atoms with van der Waals surface area (Å²) in [6, 6.07) is 0.523. The van der Waals surface area contributed by atoms with Gasteiger partial charge in [-0.05, 0) is 24.7 Å². The molecule has 2 N–H and O–H groups in total. The number of hydrogen-bond acceptors (Lipinski definition) is 3. The molecule has 20 heavy (non-hydrogen) atoms. The number of rotatable bonds is 7. The SMILES string of the molecule is CCC(CC)N(CC(C)C)c1c(N)c(C(C)C)nn1C. The Hall–Kier alpha value is -1.19. The van der Waals surface area contributed by atoms with Gasteiger partial charge < -0.3 is 10.6 Å². The summed E-state index contributed by atoms with van der Waals surface area (Å²) >= 11 is 0. The Morgan fingerprint density at radius 2 is 1.70 bits per heavy atom. The maximum atomic E-state index is 6.40. The maximum Gasteiger partial charge on any atom is 0.150 e. The fraction of sp³-hybridized carbons (Fsp3) is 0.812. The molecule has 0 atom stereocenters. The Morgan fingerprint density at radius 1 is 1.15 bits per heavy atom. The van der Waals surface area contributed by atoms with E-state index < -0.39 is 0 Å². The molecule has 116 valence electrons. The third-order valence-electron chi connectivity index (χ3n) is 3.85. The first-order valence-electron chi connectivity index (χ1n) is 7.92. The van der Waals surface area contributed by atoms with Crippen LogP contribution in [0.3, 0.4) is 0 Å². The van der Waals surface area contributed by atoms with Crippen molar-refractivity contribution in [3.05, 3.63) is 5.69 Å². The van der Waals surface area contributed by atoms with Gasteiger partial charge in [-0.1, -0.05) is 41.5 Å². The molecule has 1 rings (SSSR count). The van der Waals surface area contributed by atoms with Gasteiger partial charge in [0.25, 0.3) is 0 Å². The van der Waals surface area contributed by atoms with Crippen molar-refractivity contribution >= 4 is 11.5 Å². The van der Waals surface area contributed by atoms with E-state index in [-0.39, 0.29) is 0 Å². The molecule has 0 unspecified atom stereocenters. The molecule has 0 saturated heterocycles. The van der Waals surface area contributed by atoms with Gasteiger partial charge in [0.2, 0.25) is 0 Å². The molecular weight excluding hydrogens is 248 g/mol. The minimum atomic E-state index is 0.359. The second-order valence-corrected chi connectivity index (χ2v) is 6.42. The van der Waals surface area contributed by atoms with E-state index in [1.165, 1.54) is 0 Å². The van der Waals surface area contributed by atoms with Gasteiger partial charge in [0.1, 0.15) is 0 Å². The van der Waals surface area contributed by atoms with Crippen LogP contribution in [-0.4, -0.2) is 22.4 Å². The van der Waals surface area contributed by atoms with Crippen LogP contribution in [0, 0.1) is 5.92 Å². The first kappa shape index (κ1) is 16.9. The molecule has 0 fully saturated rings. The number of nitrogens with two attached hydrogens (primary N) is 1. The molecule has 0 aromatic carbocycles. The Balaban J connectivity index is 3.26. The van der Waals surface area contributed by atoms with Gasteiger partial charge in [0.15, 0.2) is 5.82 Å². The van der Waals surface area contributed by atoms with Gasteiger partial charge >= 0.3 is 0 Å². The van der Waals surface area contributed by atoms with Gasteiger partial charge in [-0.15, -0.1) is 0 Å². The molecule has 1 aromatic heterocycles. The number of aromatic nitrogens is 2. The first-order chi connectivity index (χ1) is 9.33. The monoisotopic (exact) mass is 280 g/mol. The Bertz CT molecular complexity index is 416. The van der Waals surface area contributed by atoms with E-state index in [1.54, 1.807) is 0 Å². The van der Waals surface area contributed by atoms with Crippen molar-refractivity contribution in [1.29, 1.82) is 0 Å². The number of nitrogen functional groups attached to an aromatic ring is 1. The Labute approximate surface area is 124 Å². The van der Waals surface area contributed by atoms with Crippen LogP contribution in [0.25, 0.3) is 0 Å². The molecule has 0 aliphatic heterocycles. The second kappa shape index (κ2) is 7.00. The van der Waals surface area contributed by atoms with E-state index in [4.69, 9.17) is 5.73 Å². The molecule has 0 bridgehead atoms. The molecule has 1 heterocycles. The van der Waals surface area contributed by atoms with Crippen molar-refractivity contribution in [3.8, 4) is 0 Å². The quantitative estimate of drug-likeness (QED) is 0.827. The Kier molecular flexibility index (Phi) is 5.90. The van der Waals surface area contributed by atoms with Crippen LogP contribution in [0.1, 0.15) is 66.0 Å². The number of anilines is 2. The lowest BCUT2D eigenvalue weighted by Gasteiger charge is -2.34. The van der Waals surface area contributed by atoms with Gasteiger partial charge in [-0.25, -0.2) is 0 Å². The summed E-state index contributed by atoms with van der Waals surface area (Å²) in [4.78, 5) is 2.46. The smallest absolute Gasteiger partial charge is 0.150 e. The molecule has 0 saturated carbocycles. The highest BCUT2D eigenvalue weighted by atomic mass is 15.4. The van der Waals surface area contributed by atoms with E-state index >= 15 is 0 Å². The molecule has 0 amide bonds. The zero-order chi connectivity index (χ0) is 15.4. The third kappa shape index (κ3) is 3.47. The predicted octanol–water partition coefficient (Wildman–Crippen LogP) is 3.78. The lowest BCUT2D eigenvalue weighted by atomic mass is 10.1. The van der Waals surface area contributed by atoms with Crippen LogP contribution in [0.15, 0.2) is 0 Å². The minimum absolute atomic E-state index is 0.359. The topological polar surface area (TPSA) is 47.1 Å². The summed E-state index contributed by atoms with van der Waals surface area (Å²) in [5.74, 6) is 2.06. The average molecular weight is 280 g/mol. The summed E-state index contributed by atoms with van der Waals surface area (Å²) < 4.78 is 1.96. The van der Waals surface area contributed by atoms with Gasteiger partial charge in [0.05, 0.1) is 11.4 Å². The molecule has 4 nitrogen and oxygen atoms in total. The largest absolute Gasteiger partial charge is 0.394 e. The second-order valence-electron chi connectivity index (χ2n) is 6.42. The number of aryl methyl sites for hydroxylation is 1. The van der Waals surface area contributed by atoms with Crippen LogP contribution in [0.5, 0.6) is 0 Å². The summed E-state index contributed by atoms with van der Waals surface area (Å²) in [5.41, 5.74) is 8.28. The van der Waals surface area contributed by atoms with Gasteiger partial charge in [0, 0.05) is 19.6 Å². The summed E-state index contributed by atoms with van der Waals surface area (Å²) in [7, 11) is 2.01. The summed E-state index contributed by atoms with van der Waals surface area (Å²) in [5, 5.41) is 4.64. The zero-order valence-corrected chi connectivity index (χ0v) is 14.3. The standard InChI is InChI=1S/C16H32N4/c1-8-13(9-2)20(10-11(3)4)16-14(17)15(12(5)6)18-19(16)7/h11-13H,8-10,17H2,1-7H3. The highest BCUT2D eigenvalue weighted by Gasteiger charge is 2.25. The van der Waals surface area contributed by atoms with Crippen molar-refractivity contribution in [1.82, 2.24) is 9.78 Å². The van der Waals surface area contributed by atoms with E-state index in [0.717, 1.165) is 36.6 Å². The molecule has 4 heteroatoms. The lowest BCUT2D eigenvalue weighted by molar-refractivity contribution is 0.495. The van der Waals surface area contributed by atoms with Crippen molar-refractivity contribution < 1.29 is 0 Å². The van der Waals surface area contributed by atoms with E-state index in [9.17, 15) is 0 Å². The normalized spacial score (nSPS) is 11.9. The van der Waals surface area contributed by atoms with Gasteiger partial charge in [-0.3, -0.25) is 4.68 Å². The lowest BCUT2D eigenvalue weighted by Crippen LogP contribution is -2.39. The average Bonchev–Trinajstić information content (AvgIpc) is 2.65.